The van der Waals surface area contributed by atoms with Crippen molar-refractivity contribution in [1.82, 2.24) is 8.75 Å². The summed E-state index contributed by atoms with van der Waals surface area (Å²) in [5.41, 5.74) is -0.977. The van der Waals surface area contributed by atoms with Crippen molar-refractivity contribution in [3.05, 3.63) is 23.5 Å². The van der Waals surface area contributed by atoms with Crippen LogP contribution >= 0.6 is 11.7 Å². The summed E-state index contributed by atoms with van der Waals surface area (Å²) in [6.45, 7) is 8.69. The standard InChI is InChI=1S/C18H16N4O5S/c1-17-10(24)7-18(27-17,5-6-23)12-11(17)15(25)22(16(12)26)9-4-3-8(19-2)13-14(9)21-28-20-13/h3-4,10-12,23-24H,5-7H2,1H3/t10-,11-,12+,17?,18?/m1/s1. The Labute approximate surface area is 163 Å². The topological polar surface area (TPSA) is 117 Å². The van der Waals surface area contributed by atoms with Crippen LogP contribution in [0.5, 0.6) is 0 Å². The van der Waals surface area contributed by atoms with E-state index in [-0.39, 0.29) is 25.1 Å². The number of aliphatic hydroxyl groups is 2. The number of anilines is 1. The van der Waals surface area contributed by atoms with Crippen LogP contribution in [0.1, 0.15) is 19.8 Å². The SMILES string of the molecule is [C-]#[N+]c1ccc(N2C(=O)[C@@H]3[C@H](C2=O)C2(C)OC3(CCO)C[C@H]2O)c2nsnc12. The summed E-state index contributed by atoms with van der Waals surface area (Å²) in [6.07, 6.45) is -0.539. The van der Waals surface area contributed by atoms with E-state index in [1.165, 1.54) is 12.1 Å². The number of hydrogen-bond donors (Lipinski definition) is 2. The molecule has 3 saturated heterocycles. The Morgan fingerprint density at radius 3 is 2.75 bits per heavy atom. The lowest BCUT2D eigenvalue weighted by Gasteiger charge is -2.33. The number of hydrogen-bond acceptors (Lipinski definition) is 8. The molecule has 1 aromatic carbocycles. The molecule has 1 aromatic heterocycles. The minimum absolute atomic E-state index is 0.165. The Balaban J connectivity index is 1.66. The molecule has 10 heteroatoms. The second-order valence-electron chi connectivity index (χ2n) is 7.69. The van der Waals surface area contributed by atoms with Crippen LogP contribution in [-0.4, -0.2) is 54.7 Å². The third-order valence-electron chi connectivity index (χ3n) is 6.38. The predicted molar refractivity (Wildman–Crippen MR) is 97.7 cm³/mol. The molecule has 5 rings (SSSR count). The number of rotatable bonds is 3. The van der Waals surface area contributed by atoms with Gasteiger partial charge in [0.2, 0.25) is 17.5 Å². The highest BCUT2D eigenvalue weighted by atomic mass is 32.1. The molecule has 0 saturated carbocycles. The molecule has 0 spiro atoms. The second kappa shape index (κ2) is 5.55. The average molecular weight is 400 g/mol. The monoisotopic (exact) mass is 400 g/mol. The summed E-state index contributed by atoms with van der Waals surface area (Å²) in [6, 6.07) is 3.06. The van der Waals surface area contributed by atoms with Crippen LogP contribution < -0.4 is 4.90 Å². The van der Waals surface area contributed by atoms with Crippen molar-refractivity contribution < 1.29 is 24.5 Å². The van der Waals surface area contributed by atoms with E-state index < -0.39 is 41.0 Å². The molecule has 9 nitrogen and oxygen atoms in total. The maximum Gasteiger partial charge on any atom is 0.240 e. The number of ether oxygens (including phenoxy) is 1. The van der Waals surface area contributed by atoms with Gasteiger partial charge in [0.25, 0.3) is 0 Å². The van der Waals surface area contributed by atoms with E-state index in [1.807, 2.05) is 0 Å². The fourth-order valence-corrected chi connectivity index (χ4v) is 5.73. The molecular weight excluding hydrogens is 384 g/mol. The van der Waals surface area contributed by atoms with Gasteiger partial charge < -0.3 is 14.9 Å². The molecular formula is C18H16N4O5S. The number of amides is 2. The van der Waals surface area contributed by atoms with Gasteiger partial charge in [0.05, 0.1) is 47.5 Å². The van der Waals surface area contributed by atoms with E-state index in [1.54, 1.807) is 6.92 Å². The van der Waals surface area contributed by atoms with Crippen LogP contribution in [0, 0.1) is 18.4 Å². The predicted octanol–water partition coefficient (Wildman–Crippen LogP) is 1.02. The van der Waals surface area contributed by atoms with Gasteiger partial charge in [-0.2, -0.15) is 8.75 Å². The quantitative estimate of drug-likeness (QED) is 0.583. The van der Waals surface area contributed by atoms with Crippen LogP contribution in [-0.2, 0) is 14.3 Å². The zero-order valence-electron chi connectivity index (χ0n) is 14.8. The minimum atomic E-state index is -1.18. The summed E-state index contributed by atoms with van der Waals surface area (Å²) < 4.78 is 14.4. The van der Waals surface area contributed by atoms with Gasteiger partial charge in [0.1, 0.15) is 16.6 Å². The maximum atomic E-state index is 13.4. The maximum absolute atomic E-state index is 13.4. The van der Waals surface area contributed by atoms with Crippen molar-refractivity contribution in [2.45, 2.75) is 37.1 Å². The first-order chi connectivity index (χ1) is 13.4. The number of carbonyl (C=O) groups excluding carboxylic acids is 2. The van der Waals surface area contributed by atoms with Crippen LogP contribution in [0.15, 0.2) is 12.1 Å². The average Bonchev–Trinajstić information content (AvgIpc) is 3.35. The lowest BCUT2D eigenvalue weighted by atomic mass is 9.66. The van der Waals surface area contributed by atoms with E-state index >= 15 is 0 Å². The molecule has 5 atom stereocenters. The first-order valence-corrected chi connectivity index (χ1v) is 9.60. The second-order valence-corrected chi connectivity index (χ2v) is 8.22. The zero-order valence-corrected chi connectivity index (χ0v) is 15.6. The van der Waals surface area contributed by atoms with Crippen molar-refractivity contribution in [3.63, 3.8) is 0 Å². The summed E-state index contributed by atoms with van der Waals surface area (Å²) >= 11 is 0.909. The van der Waals surface area contributed by atoms with Crippen molar-refractivity contribution >= 4 is 46.0 Å². The van der Waals surface area contributed by atoms with Crippen molar-refractivity contribution in [3.8, 4) is 0 Å². The number of aromatic nitrogens is 2. The van der Waals surface area contributed by atoms with E-state index in [2.05, 4.69) is 13.6 Å². The van der Waals surface area contributed by atoms with Crippen molar-refractivity contribution in [2.75, 3.05) is 11.5 Å². The van der Waals surface area contributed by atoms with E-state index in [0.717, 1.165) is 16.6 Å². The Morgan fingerprint density at radius 2 is 2.04 bits per heavy atom. The molecule has 3 fully saturated rings. The third kappa shape index (κ3) is 1.89. The Hall–Kier alpha value is -2.45. The zero-order chi connectivity index (χ0) is 19.8. The normalized spacial score (nSPS) is 36.4. The molecule has 4 heterocycles. The van der Waals surface area contributed by atoms with Gasteiger partial charge in [-0.3, -0.25) is 9.59 Å². The molecule has 2 amide bonds. The molecule has 2 N–H and O–H groups in total. The fourth-order valence-electron chi connectivity index (χ4n) is 5.16. The van der Waals surface area contributed by atoms with Crippen LogP contribution in [0.4, 0.5) is 11.4 Å². The van der Waals surface area contributed by atoms with Gasteiger partial charge in [-0.05, 0) is 13.0 Å². The minimum Gasteiger partial charge on any atom is -0.396 e. The number of fused-ring (bicyclic) bond motifs is 6. The van der Waals surface area contributed by atoms with Gasteiger partial charge in [0.15, 0.2) is 0 Å². The highest BCUT2D eigenvalue weighted by molar-refractivity contribution is 7.00. The van der Waals surface area contributed by atoms with Crippen LogP contribution in [0.2, 0.25) is 0 Å². The summed E-state index contributed by atoms with van der Waals surface area (Å²) in [5.74, 6) is -2.50. The fraction of sp³-hybridized carbons (Fsp3) is 0.500. The van der Waals surface area contributed by atoms with Crippen molar-refractivity contribution in [1.29, 1.82) is 0 Å². The smallest absolute Gasteiger partial charge is 0.240 e. The Morgan fingerprint density at radius 1 is 1.32 bits per heavy atom. The van der Waals surface area contributed by atoms with Gasteiger partial charge >= 0.3 is 0 Å². The lowest BCUT2D eigenvalue weighted by molar-refractivity contribution is -0.134. The summed E-state index contributed by atoms with van der Waals surface area (Å²) in [5, 5.41) is 20.1. The van der Waals surface area contributed by atoms with Gasteiger partial charge in [-0.25, -0.2) is 9.74 Å². The lowest BCUT2D eigenvalue weighted by Crippen LogP contribution is -2.49. The molecule has 2 bridgehead atoms. The molecule has 0 aliphatic carbocycles. The largest absolute Gasteiger partial charge is 0.396 e. The van der Waals surface area contributed by atoms with E-state index in [0.29, 0.717) is 16.7 Å². The van der Waals surface area contributed by atoms with Crippen molar-refractivity contribution in [2.24, 2.45) is 11.8 Å². The first-order valence-electron chi connectivity index (χ1n) is 8.87. The van der Waals surface area contributed by atoms with Crippen LogP contribution in [0.3, 0.4) is 0 Å². The molecule has 3 aliphatic rings. The number of carbonyl (C=O) groups is 2. The number of benzene rings is 1. The number of aliphatic hydroxyl groups excluding tert-OH is 2. The summed E-state index contributed by atoms with van der Waals surface area (Å²) in [7, 11) is 0. The molecule has 28 heavy (non-hydrogen) atoms. The van der Waals surface area contributed by atoms with Gasteiger partial charge in [-0.15, -0.1) is 0 Å². The number of nitrogens with zero attached hydrogens (tertiary/aromatic N) is 4. The van der Waals surface area contributed by atoms with Gasteiger partial charge in [0, 0.05) is 19.4 Å². The molecule has 2 unspecified atom stereocenters. The molecule has 3 aliphatic heterocycles. The van der Waals surface area contributed by atoms with E-state index in [9.17, 15) is 19.8 Å². The molecule has 144 valence electrons. The van der Waals surface area contributed by atoms with E-state index in [4.69, 9.17) is 11.3 Å². The molecule has 0 radical (unpaired) electrons. The Kier molecular flexibility index (Phi) is 3.49. The Bertz CT molecular complexity index is 1080. The first kappa shape index (κ1) is 17.6. The third-order valence-corrected chi connectivity index (χ3v) is 6.91. The molecule has 2 aromatic rings. The summed E-state index contributed by atoms with van der Waals surface area (Å²) in [4.78, 5) is 31.2. The van der Waals surface area contributed by atoms with Crippen LogP contribution in [0.25, 0.3) is 15.9 Å². The highest BCUT2D eigenvalue weighted by Gasteiger charge is 2.76. The highest BCUT2D eigenvalue weighted by Crippen LogP contribution is 2.62. The van der Waals surface area contributed by atoms with Gasteiger partial charge in [-0.1, -0.05) is 6.07 Å². The number of imide groups is 1.